The molecule has 0 spiro atoms. The second-order valence-electron chi connectivity index (χ2n) is 3.92. The van der Waals surface area contributed by atoms with Gasteiger partial charge < -0.3 is 10.5 Å². The van der Waals surface area contributed by atoms with Gasteiger partial charge in [0.1, 0.15) is 0 Å². The highest BCUT2D eigenvalue weighted by Crippen LogP contribution is 2.19. The number of hydrogen-bond acceptors (Lipinski definition) is 2. The predicted molar refractivity (Wildman–Crippen MR) is 46.4 cm³/mol. The lowest BCUT2D eigenvalue weighted by atomic mass is 9.92. The van der Waals surface area contributed by atoms with Crippen LogP contribution < -0.4 is 5.73 Å². The number of nitrogens with two attached hydrogens (primary N) is 1. The minimum Gasteiger partial charge on any atom is -0.381 e. The molecule has 0 aromatic carbocycles. The van der Waals surface area contributed by atoms with Gasteiger partial charge in [0.05, 0.1) is 6.61 Å². The molecular weight excluding hydrogens is 138 g/mol. The molecule has 1 fully saturated rings. The Morgan fingerprint density at radius 3 is 2.73 bits per heavy atom. The van der Waals surface area contributed by atoms with Gasteiger partial charge in [-0.15, -0.1) is 0 Å². The van der Waals surface area contributed by atoms with Gasteiger partial charge in [-0.3, -0.25) is 0 Å². The largest absolute Gasteiger partial charge is 0.381 e. The zero-order valence-electron chi connectivity index (χ0n) is 7.55. The second kappa shape index (κ2) is 4.07. The molecule has 0 saturated carbocycles. The van der Waals surface area contributed by atoms with E-state index in [9.17, 15) is 0 Å². The fraction of sp³-hybridized carbons (Fsp3) is 1.00. The van der Waals surface area contributed by atoms with Crippen molar-refractivity contribution in [1.29, 1.82) is 0 Å². The summed E-state index contributed by atoms with van der Waals surface area (Å²) in [6.45, 7) is 6.23. The number of ether oxygens (including phenoxy) is 1. The van der Waals surface area contributed by atoms with Crippen molar-refractivity contribution in [3.63, 3.8) is 0 Å². The molecule has 2 atom stereocenters. The molecule has 1 aliphatic heterocycles. The average Bonchev–Trinajstić information content (AvgIpc) is 2.35. The number of hydrogen-bond donors (Lipinski definition) is 1. The van der Waals surface area contributed by atoms with Gasteiger partial charge in [-0.05, 0) is 24.7 Å². The molecule has 0 aliphatic carbocycles. The molecule has 2 unspecified atom stereocenters. The summed E-state index contributed by atoms with van der Waals surface area (Å²) in [6, 6.07) is 0.359. The topological polar surface area (TPSA) is 35.2 Å². The van der Waals surface area contributed by atoms with Gasteiger partial charge >= 0.3 is 0 Å². The van der Waals surface area contributed by atoms with E-state index in [0.29, 0.717) is 17.9 Å². The van der Waals surface area contributed by atoms with E-state index in [0.717, 1.165) is 26.1 Å². The van der Waals surface area contributed by atoms with E-state index in [2.05, 4.69) is 13.8 Å². The second-order valence-corrected chi connectivity index (χ2v) is 3.92. The molecule has 0 aromatic heterocycles. The molecule has 11 heavy (non-hydrogen) atoms. The summed E-state index contributed by atoms with van der Waals surface area (Å²) in [5.74, 6) is 1.34. The Bertz CT molecular complexity index is 108. The highest BCUT2D eigenvalue weighted by atomic mass is 16.5. The number of rotatable bonds is 3. The lowest BCUT2D eigenvalue weighted by molar-refractivity contribution is 0.178. The summed E-state index contributed by atoms with van der Waals surface area (Å²) < 4.78 is 5.28. The van der Waals surface area contributed by atoms with Crippen molar-refractivity contribution in [3.05, 3.63) is 0 Å². The van der Waals surface area contributed by atoms with Gasteiger partial charge in [0, 0.05) is 12.6 Å². The molecule has 1 saturated heterocycles. The van der Waals surface area contributed by atoms with Crippen LogP contribution in [0.2, 0.25) is 0 Å². The Balaban J connectivity index is 2.22. The molecule has 2 heteroatoms. The van der Waals surface area contributed by atoms with Crippen LogP contribution in [0, 0.1) is 11.8 Å². The van der Waals surface area contributed by atoms with Crippen LogP contribution in [-0.4, -0.2) is 19.3 Å². The zero-order valence-corrected chi connectivity index (χ0v) is 7.55. The van der Waals surface area contributed by atoms with E-state index in [1.54, 1.807) is 0 Å². The smallest absolute Gasteiger partial charge is 0.0509 e. The minimum atomic E-state index is 0.359. The molecule has 0 aromatic rings. The van der Waals surface area contributed by atoms with Gasteiger partial charge in [-0.1, -0.05) is 13.8 Å². The van der Waals surface area contributed by atoms with E-state index >= 15 is 0 Å². The molecule has 2 nitrogen and oxygen atoms in total. The molecule has 1 aliphatic rings. The van der Waals surface area contributed by atoms with Gasteiger partial charge in [0.25, 0.3) is 0 Å². The molecule has 1 rings (SSSR count). The van der Waals surface area contributed by atoms with E-state index in [1.807, 2.05) is 0 Å². The van der Waals surface area contributed by atoms with E-state index in [1.165, 1.54) is 0 Å². The standard InChI is InChI=1S/C9H19NO/c1-7(2)5-9(10)8-3-4-11-6-8/h7-9H,3-6,10H2,1-2H3. The first kappa shape index (κ1) is 9.01. The highest BCUT2D eigenvalue weighted by molar-refractivity contribution is 4.76. The van der Waals surface area contributed by atoms with Crippen LogP contribution in [0.1, 0.15) is 26.7 Å². The first-order valence-corrected chi connectivity index (χ1v) is 4.53. The van der Waals surface area contributed by atoms with Crippen molar-refractivity contribution < 1.29 is 4.74 Å². The van der Waals surface area contributed by atoms with Crippen LogP contribution in [0.3, 0.4) is 0 Å². The van der Waals surface area contributed by atoms with Crippen molar-refractivity contribution in [2.24, 2.45) is 17.6 Å². The summed E-state index contributed by atoms with van der Waals surface area (Å²) in [5.41, 5.74) is 6.00. The maximum Gasteiger partial charge on any atom is 0.0509 e. The summed E-state index contributed by atoms with van der Waals surface area (Å²) in [4.78, 5) is 0. The molecule has 1 heterocycles. The summed E-state index contributed by atoms with van der Waals surface area (Å²) in [7, 11) is 0. The first-order valence-electron chi connectivity index (χ1n) is 4.53. The van der Waals surface area contributed by atoms with Crippen molar-refractivity contribution in [2.75, 3.05) is 13.2 Å². The van der Waals surface area contributed by atoms with E-state index in [-0.39, 0.29) is 0 Å². The maximum absolute atomic E-state index is 6.00. The zero-order chi connectivity index (χ0) is 8.27. The Hall–Kier alpha value is -0.0800. The van der Waals surface area contributed by atoms with Crippen LogP contribution in [0.4, 0.5) is 0 Å². The van der Waals surface area contributed by atoms with Crippen molar-refractivity contribution in [1.82, 2.24) is 0 Å². The molecule has 0 bridgehead atoms. The summed E-state index contributed by atoms with van der Waals surface area (Å²) in [5, 5.41) is 0. The normalized spacial score (nSPS) is 27.8. The van der Waals surface area contributed by atoms with E-state index in [4.69, 9.17) is 10.5 Å². The molecular formula is C9H19NO. The first-order chi connectivity index (χ1) is 5.20. The van der Waals surface area contributed by atoms with Crippen molar-refractivity contribution in [2.45, 2.75) is 32.7 Å². The Labute approximate surface area is 69.1 Å². The minimum absolute atomic E-state index is 0.359. The van der Waals surface area contributed by atoms with Gasteiger partial charge in [0.2, 0.25) is 0 Å². The highest BCUT2D eigenvalue weighted by Gasteiger charge is 2.22. The molecule has 66 valence electrons. The van der Waals surface area contributed by atoms with Crippen LogP contribution in [0.5, 0.6) is 0 Å². The Morgan fingerprint density at radius 1 is 1.55 bits per heavy atom. The third-order valence-corrected chi connectivity index (χ3v) is 2.31. The van der Waals surface area contributed by atoms with E-state index < -0.39 is 0 Å². The fourth-order valence-corrected chi connectivity index (χ4v) is 1.63. The third kappa shape index (κ3) is 2.80. The lowest BCUT2D eigenvalue weighted by Crippen LogP contribution is -2.31. The average molecular weight is 157 g/mol. The Kier molecular flexibility index (Phi) is 3.34. The summed E-state index contributed by atoms with van der Waals surface area (Å²) >= 11 is 0. The monoisotopic (exact) mass is 157 g/mol. The van der Waals surface area contributed by atoms with Gasteiger partial charge in [-0.25, -0.2) is 0 Å². The molecule has 0 radical (unpaired) electrons. The van der Waals surface area contributed by atoms with Gasteiger partial charge in [0.15, 0.2) is 0 Å². The summed E-state index contributed by atoms with van der Waals surface area (Å²) in [6.07, 6.45) is 2.29. The van der Waals surface area contributed by atoms with Crippen LogP contribution in [-0.2, 0) is 4.74 Å². The predicted octanol–water partition coefficient (Wildman–Crippen LogP) is 1.40. The lowest BCUT2D eigenvalue weighted by Gasteiger charge is -2.19. The van der Waals surface area contributed by atoms with Crippen molar-refractivity contribution in [3.8, 4) is 0 Å². The van der Waals surface area contributed by atoms with Crippen LogP contribution >= 0.6 is 0 Å². The molecule has 0 amide bonds. The SMILES string of the molecule is CC(C)CC(N)C1CCOC1. The van der Waals surface area contributed by atoms with Gasteiger partial charge in [-0.2, -0.15) is 0 Å². The van der Waals surface area contributed by atoms with Crippen molar-refractivity contribution >= 4 is 0 Å². The van der Waals surface area contributed by atoms with Crippen LogP contribution in [0.15, 0.2) is 0 Å². The quantitative estimate of drug-likeness (QED) is 0.672. The molecule has 2 N–H and O–H groups in total. The van der Waals surface area contributed by atoms with Crippen LogP contribution in [0.25, 0.3) is 0 Å². The maximum atomic E-state index is 6.00. The fourth-order valence-electron chi connectivity index (χ4n) is 1.63. The third-order valence-electron chi connectivity index (χ3n) is 2.31. The Morgan fingerprint density at radius 2 is 2.27 bits per heavy atom.